The zero-order chi connectivity index (χ0) is 9.97. The van der Waals surface area contributed by atoms with Gasteiger partial charge >= 0.3 is 0 Å². The minimum absolute atomic E-state index is 0.0331. The second-order valence-electron chi connectivity index (χ2n) is 3.20. The van der Waals surface area contributed by atoms with Gasteiger partial charge < -0.3 is 9.84 Å². The molecule has 0 spiro atoms. The van der Waals surface area contributed by atoms with Crippen LogP contribution < -0.4 is 5.32 Å². The molecule has 0 amide bonds. The van der Waals surface area contributed by atoms with Crippen LogP contribution in [0.3, 0.4) is 0 Å². The molecule has 1 aromatic rings. The van der Waals surface area contributed by atoms with Gasteiger partial charge in [0.2, 0.25) is 0 Å². The normalized spacial score (nSPS) is 26.3. The number of aromatic hydroxyl groups is 1. The predicted octanol–water partition coefficient (Wildman–Crippen LogP) is 0.578. The van der Waals surface area contributed by atoms with Crippen molar-refractivity contribution in [3.8, 4) is 5.75 Å². The summed E-state index contributed by atoms with van der Waals surface area (Å²) in [6.45, 7) is 0.480. The van der Waals surface area contributed by atoms with Crippen molar-refractivity contribution >= 4 is 6.29 Å². The number of carbonyl (C=O) groups is 1. The van der Waals surface area contributed by atoms with Gasteiger partial charge in [0.15, 0.2) is 12.5 Å². The van der Waals surface area contributed by atoms with Crippen LogP contribution >= 0.6 is 0 Å². The molecule has 2 N–H and O–H groups in total. The first-order valence-corrected chi connectivity index (χ1v) is 4.41. The number of benzene rings is 1. The van der Waals surface area contributed by atoms with Gasteiger partial charge in [0.1, 0.15) is 5.75 Å². The Kier molecular flexibility index (Phi) is 2.47. The van der Waals surface area contributed by atoms with E-state index in [1.807, 2.05) is 12.1 Å². The maximum Gasteiger partial charge on any atom is 0.165 e. The summed E-state index contributed by atoms with van der Waals surface area (Å²) in [5.74, 6) is 0.236. The average Bonchev–Trinajstić information content (AvgIpc) is 2.67. The fraction of sp³-hybridized carbons (Fsp3) is 0.300. The lowest BCUT2D eigenvalue weighted by Gasteiger charge is -2.08. The molecule has 0 aromatic heterocycles. The Hall–Kier alpha value is -1.39. The number of hydrogen-bond acceptors (Lipinski definition) is 4. The molecule has 0 saturated carbocycles. The lowest BCUT2D eigenvalue weighted by molar-refractivity contribution is -0.116. The molecule has 0 radical (unpaired) electrons. The molecule has 0 bridgehead atoms. The van der Waals surface area contributed by atoms with Crippen molar-refractivity contribution < 1.29 is 14.6 Å². The minimum Gasteiger partial charge on any atom is -0.508 e. The molecule has 0 aliphatic carbocycles. The maximum absolute atomic E-state index is 10.4. The predicted molar refractivity (Wildman–Crippen MR) is 49.8 cm³/mol. The van der Waals surface area contributed by atoms with Crippen LogP contribution in [-0.2, 0) is 9.53 Å². The van der Waals surface area contributed by atoms with Crippen molar-refractivity contribution in [3.63, 3.8) is 0 Å². The quantitative estimate of drug-likeness (QED) is 0.674. The smallest absolute Gasteiger partial charge is 0.165 e. The fourth-order valence-corrected chi connectivity index (χ4v) is 1.47. The van der Waals surface area contributed by atoms with Crippen molar-refractivity contribution in [1.82, 2.24) is 5.32 Å². The van der Waals surface area contributed by atoms with Gasteiger partial charge in [0, 0.05) is 0 Å². The van der Waals surface area contributed by atoms with Gasteiger partial charge in [0.05, 0.1) is 12.6 Å². The molecular weight excluding hydrogens is 182 g/mol. The third-order valence-electron chi connectivity index (χ3n) is 2.23. The summed E-state index contributed by atoms with van der Waals surface area (Å²) < 4.78 is 5.16. The molecule has 1 aliphatic rings. The van der Waals surface area contributed by atoms with Gasteiger partial charge in [-0.15, -0.1) is 0 Å². The van der Waals surface area contributed by atoms with E-state index in [0.29, 0.717) is 6.61 Å². The summed E-state index contributed by atoms with van der Waals surface area (Å²) in [5, 5.41) is 12.1. The van der Waals surface area contributed by atoms with Crippen LogP contribution in [0.15, 0.2) is 24.3 Å². The molecule has 2 atom stereocenters. The van der Waals surface area contributed by atoms with Crippen LogP contribution in [0.2, 0.25) is 0 Å². The van der Waals surface area contributed by atoms with Gasteiger partial charge in [-0.25, -0.2) is 0 Å². The SMILES string of the molecule is O=CC1NC(c2ccc(O)cc2)CO1. The van der Waals surface area contributed by atoms with Crippen LogP contribution in [0.4, 0.5) is 0 Å². The molecule has 4 heteroatoms. The van der Waals surface area contributed by atoms with Crippen LogP contribution in [0.1, 0.15) is 11.6 Å². The highest BCUT2D eigenvalue weighted by atomic mass is 16.5. The van der Waals surface area contributed by atoms with Crippen molar-refractivity contribution in [1.29, 1.82) is 0 Å². The van der Waals surface area contributed by atoms with Crippen molar-refractivity contribution in [2.24, 2.45) is 0 Å². The molecule has 2 unspecified atom stereocenters. The first-order valence-electron chi connectivity index (χ1n) is 4.41. The lowest BCUT2D eigenvalue weighted by Crippen LogP contribution is -2.26. The first-order chi connectivity index (χ1) is 6.79. The molecule has 1 aromatic carbocycles. The Bertz CT molecular complexity index is 323. The summed E-state index contributed by atoms with van der Waals surface area (Å²) >= 11 is 0. The van der Waals surface area contributed by atoms with Crippen molar-refractivity contribution in [2.75, 3.05) is 6.61 Å². The van der Waals surface area contributed by atoms with E-state index in [0.717, 1.165) is 11.8 Å². The second-order valence-corrected chi connectivity index (χ2v) is 3.20. The Morgan fingerprint density at radius 2 is 2.14 bits per heavy atom. The number of hydrogen-bond donors (Lipinski definition) is 2. The standard InChI is InChI=1S/C10H11NO3/c12-5-10-11-9(6-14-10)7-1-3-8(13)4-2-7/h1-5,9-11,13H,6H2. The van der Waals surface area contributed by atoms with Gasteiger partial charge in [-0.05, 0) is 17.7 Å². The highest BCUT2D eigenvalue weighted by Crippen LogP contribution is 2.21. The Labute approximate surface area is 81.5 Å². The number of phenols is 1. The van der Waals surface area contributed by atoms with E-state index in [2.05, 4.69) is 5.32 Å². The van der Waals surface area contributed by atoms with E-state index in [1.54, 1.807) is 12.1 Å². The molecule has 1 heterocycles. The molecule has 74 valence electrons. The largest absolute Gasteiger partial charge is 0.508 e. The van der Waals surface area contributed by atoms with Gasteiger partial charge in [-0.2, -0.15) is 0 Å². The van der Waals surface area contributed by atoms with Crippen molar-refractivity contribution in [2.45, 2.75) is 12.3 Å². The zero-order valence-corrected chi connectivity index (χ0v) is 7.51. The Balaban J connectivity index is 2.09. The molecule has 2 rings (SSSR count). The topological polar surface area (TPSA) is 58.6 Å². The minimum atomic E-state index is -0.506. The summed E-state index contributed by atoms with van der Waals surface area (Å²) in [7, 11) is 0. The van der Waals surface area contributed by atoms with Crippen LogP contribution in [0.25, 0.3) is 0 Å². The number of ether oxygens (including phenoxy) is 1. The van der Waals surface area contributed by atoms with E-state index < -0.39 is 6.23 Å². The summed E-state index contributed by atoms with van der Waals surface area (Å²) in [6.07, 6.45) is 0.231. The number of carbonyl (C=O) groups excluding carboxylic acids is 1. The van der Waals surface area contributed by atoms with E-state index in [-0.39, 0.29) is 11.8 Å². The highest BCUT2D eigenvalue weighted by molar-refractivity contribution is 5.56. The lowest BCUT2D eigenvalue weighted by atomic mass is 10.1. The molecule has 14 heavy (non-hydrogen) atoms. The third kappa shape index (κ3) is 1.76. The summed E-state index contributed by atoms with van der Waals surface area (Å²) in [4.78, 5) is 10.4. The van der Waals surface area contributed by atoms with Gasteiger partial charge in [0.25, 0.3) is 0 Å². The number of nitrogens with one attached hydrogen (secondary N) is 1. The zero-order valence-electron chi connectivity index (χ0n) is 7.51. The Morgan fingerprint density at radius 1 is 1.43 bits per heavy atom. The number of aldehydes is 1. The average molecular weight is 193 g/mol. The van der Waals surface area contributed by atoms with Crippen LogP contribution in [-0.4, -0.2) is 24.2 Å². The third-order valence-corrected chi connectivity index (χ3v) is 2.23. The molecule has 1 aliphatic heterocycles. The monoisotopic (exact) mass is 193 g/mol. The highest BCUT2D eigenvalue weighted by Gasteiger charge is 2.24. The maximum atomic E-state index is 10.4. The molecular formula is C10H11NO3. The Morgan fingerprint density at radius 3 is 2.71 bits per heavy atom. The molecule has 1 fully saturated rings. The first kappa shape index (κ1) is 9.18. The molecule has 1 saturated heterocycles. The van der Waals surface area contributed by atoms with Gasteiger partial charge in [-0.1, -0.05) is 12.1 Å². The molecule has 4 nitrogen and oxygen atoms in total. The summed E-state index contributed by atoms with van der Waals surface area (Å²) in [5.41, 5.74) is 1.01. The second kappa shape index (κ2) is 3.77. The van der Waals surface area contributed by atoms with Crippen LogP contribution in [0.5, 0.6) is 5.75 Å². The van der Waals surface area contributed by atoms with Crippen molar-refractivity contribution in [3.05, 3.63) is 29.8 Å². The van der Waals surface area contributed by atoms with E-state index in [9.17, 15) is 4.79 Å². The fourth-order valence-electron chi connectivity index (χ4n) is 1.47. The van der Waals surface area contributed by atoms with Gasteiger partial charge in [-0.3, -0.25) is 10.1 Å². The number of rotatable bonds is 2. The van der Waals surface area contributed by atoms with E-state index >= 15 is 0 Å². The van der Waals surface area contributed by atoms with Crippen LogP contribution in [0, 0.1) is 0 Å². The number of phenolic OH excluding ortho intramolecular Hbond substituents is 1. The summed E-state index contributed by atoms with van der Waals surface area (Å²) in [6, 6.07) is 6.88. The van der Waals surface area contributed by atoms with E-state index in [1.165, 1.54) is 0 Å². The van der Waals surface area contributed by atoms with E-state index in [4.69, 9.17) is 9.84 Å².